The summed E-state index contributed by atoms with van der Waals surface area (Å²) in [5, 5.41) is 11.8. The summed E-state index contributed by atoms with van der Waals surface area (Å²) in [6.45, 7) is -0.336. The van der Waals surface area contributed by atoms with Gasteiger partial charge in [0, 0.05) is 0 Å². The van der Waals surface area contributed by atoms with Gasteiger partial charge in [-0.3, -0.25) is 41.4 Å². The smallest absolute Gasteiger partial charge is 0.356 e. The highest BCUT2D eigenvalue weighted by molar-refractivity contribution is 5.88. The number of hydrogen-bond donors (Lipinski definition) is 4. The molecule has 4 N–H and O–H groups in total. The molecular formula is C26H23N7O5. The van der Waals surface area contributed by atoms with Crippen LogP contribution in [0.5, 0.6) is 5.75 Å². The van der Waals surface area contributed by atoms with Crippen LogP contribution >= 0.6 is 0 Å². The minimum Gasteiger partial charge on any atom is -0.484 e. The minimum atomic E-state index is -0.741. The second-order valence-corrected chi connectivity index (χ2v) is 7.82. The van der Waals surface area contributed by atoms with Crippen LogP contribution in [0.25, 0.3) is 0 Å². The number of para-hydroxylation sites is 1. The van der Waals surface area contributed by atoms with Crippen LogP contribution < -0.4 is 26.4 Å². The van der Waals surface area contributed by atoms with Crippen LogP contribution in [0.1, 0.15) is 17.0 Å². The molecule has 12 nitrogen and oxygen atoms in total. The van der Waals surface area contributed by atoms with Crippen molar-refractivity contribution in [2.24, 2.45) is 0 Å². The lowest BCUT2D eigenvalue weighted by Crippen LogP contribution is -2.36. The van der Waals surface area contributed by atoms with E-state index < -0.39 is 28.3 Å². The predicted octanol–water partition coefficient (Wildman–Crippen LogP) is 3.18. The molecule has 2 amide bonds. The van der Waals surface area contributed by atoms with Gasteiger partial charge in [0.1, 0.15) is 12.1 Å². The quantitative estimate of drug-likeness (QED) is 0.174. The number of carbonyl (C=O) groups is 2. The van der Waals surface area contributed by atoms with Crippen LogP contribution in [-0.4, -0.2) is 33.3 Å². The first-order chi connectivity index (χ1) is 18.5. The zero-order valence-corrected chi connectivity index (χ0v) is 19.9. The van der Waals surface area contributed by atoms with Crippen molar-refractivity contribution in [1.82, 2.24) is 20.8 Å². The van der Waals surface area contributed by atoms with Gasteiger partial charge in [0.05, 0.1) is 10.8 Å². The molecule has 0 saturated heterocycles. The monoisotopic (exact) mass is 513 g/mol. The maximum atomic E-state index is 13.2. The summed E-state index contributed by atoms with van der Waals surface area (Å²) < 4.78 is 5.34. The number of amides is 2. The van der Waals surface area contributed by atoms with E-state index >= 15 is 0 Å². The van der Waals surface area contributed by atoms with Crippen LogP contribution in [0, 0.1) is 10.1 Å². The highest BCUT2D eigenvalue weighted by Crippen LogP contribution is 2.29. The van der Waals surface area contributed by atoms with Gasteiger partial charge < -0.3 is 4.74 Å². The molecule has 0 fully saturated rings. The van der Waals surface area contributed by atoms with E-state index in [2.05, 4.69) is 31.7 Å². The molecule has 192 valence electrons. The Labute approximate surface area is 217 Å². The number of benzene rings is 3. The van der Waals surface area contributed by atoms with E-state index in [1.54, 1.807) is 30.3 Å². The van der Waals surface area contributed by atoms with Crippen molar-refractivity contribution in [2.75, 3.05) is 17.5 Å². The third-order valence-corrected chi connectivity index (χ3v) is 5.27. The molecule has 0 aliphatic carbocycles. The van der Waals surface area contributed by atoms with Crippen molar-refractivity contribution in [2.45, 2.75) is 5.92 Å². The summed E-state index contributed by atoms with van der Waals surface area (Å²) in [6.07, 6.45) is 1.04. The molecular weight excluding hydrogens is 490 g/mol. The fourth-order valence-corrected chi connectivity index (χ4v) is 3.54. The van der Waals surface area contributed by atoms with Gasteiger partial charge in [-0.1, -0.05) is 78.9 Å². The Balaban J connectivity index is 1.45. The van der Waals surface area contributed by atoms with Gasteiger partial charge in [0.15, 0.2) is 6.61 Å². The van der Waals surface area contributed by atoms with E-state index in [1.807, 2.05) is 60.7 Å². The molecule has 4 rings (SSSR count). The van der Waals surface area contributed by atoms with Gasteiger partial charge in [-0.05, 0) is 23.3 Å². The SMILES string of the molecule is O=C(COc1ccccc1)NNc1ncnc(NNC(=O)C(c2ccccc2)c2ccccc2)c1[N+](=O)[O-]. The maximum absolute atomic E-state index is 13.2. The number of nitrogens with one attached hydrogen (secondary N) is 4. The summed E-state index contributed by atoms with van der Waals surface area (Å²) in [4.78, 5) is 44.1. The molecule has 0 saturated carbocycles. The van der Waals surface area contributed by atoms with Crippen molar-refractivity contribution in [3.8, 4) is 5.75 Å². The number of anilines is 2. The highest BCUT2D eigenvalue weighted by atomic mass is 16.6. The topological polar surface area (TPSA) is 160 Å². The molecule has 0 atom stereocenters. The molecule has 12 heteroatoms. The Kier molecular flexibility index (Phi) is 8.37. The lowest BCUT2D eigenvalue weighted by atomic mass is 9.91. The van der Waals surface area contributed by atoms with Crippen LogP contribution in [-0.2, 0) is 9.59 Å². The maximum Gasteiger partial charge on any atom is 0.356 e. The number of hydrogen-bond acceptors (Lipinski definition) is 9. The standard InChI is InChI=1S/C26H23N7O5/c34-21(16-38-20-14-8-3-9-15-20)29-30-24-23(33(36)37)25(28-17-27-24)31-32-26(35)22(18-10-4-1-5-11-18)19-12-6-2-7-13-19/h1-15,17,22H,16H2,(H,29,34)(H,32,35)(H2,27,28,30,31). The number of aromatic nitrogens is 2. The first kappa shape index (κ1) is 25.6. The van der Waals surface area contributed by atoms with Gasteiger partial charge in [-0.15, -0.1) is 0 Å². The third kappa shape index (κ3) is 6.57. The molecule has 0 radical (unpaired) electrons. The Hall–Kier alpha value is -5.52. The molecule has 0 spiro atoms. The number of ether oxygens (including phenoxy) is 1. The second kappa shape index (κ2) is 12.4. The van der Waals surface area contributed by atoms with Crippen LogP contribution in [0.15, 0.2) is 97.3 Å². The van der Waals surface area contributed by atoms with Crippen molar-refractivity contribution in [1.29, 1.82) is 0 Å². The second-order valence-electron chi connectivity index (χ2n) is 7.82. The molecule has 38 heavy (non-hydrogen) atoms. The minimum absolute atomic E-state index is 0.282. The number of hydrazine groups is 2. The van der Waals surface area contributed by atoms with Crippen molar-refractivity contribution >= 4 is 29.1 Å². The normalized spacial score (nSPS) is 10.3. The van der Waals surface area contributed by atoms with Crippen molar-refractivity contribution in [3.63, 3.8) is 0 Å². The lowest BCUT2D eigenvalue weighted by molar-refractivity contribution is -0.383. The zero-order valence-electron chi connectivity index (χ0n) is 19.9. The predicted molar refractivity (Wildman–Crippen MR) is 139 cm³/mol. The van der Waals surface area contributed by atoms with Gasteiger partial charge in [-0.2, -0.15) is 0 Å². The fraction of sp³-hybridized carbons (Fsp3) is 0.0769. The number of carbonyl (C=O) groups excluding carboxylic acids is 2. The molecule has 0 unspecified atom stereocenters. The van der Waals surface area contributed by atoms with E-state index in [9.17, 15) is 19.7 Å². The summed E-state index contributed by atoms with van der Waals surface area (Å²) in [7, 11) is 0. The Morgan fingerprint density at radius 2 is 1.29 bits per heavy atom. The van der Waals surface area contributed by atoms with Gasteiger partial charge in [-0.25, -0.2) is 9.97 Å². The van der Waals surface area contributed by atoms with E-state index in [-0.39, 0.29) is 18.2 Å². The van der Waals surface area contributed by atoms with E-state index in [0.29, 0.717) is 5.75 Å². The van der Waals surface area contributed by atoms with Gasteiger partial charge in [0.2, 0.25) is 17.5 Å². The average molecular weight is 514 g/mol. The zero-order chi connectivity index (χ0) is 26.7. The molecule has 3 aromatic carbocycles. The lowest BCUT2D eigenvalue weighted by Gasteiger charge is -2.18. The summed E-state index contributed by atoms with van der Waals surface area (Å²) in [6, 6.07) is 26.9. The Morgan fingerprint density at radius 3 is 1.82 bits per heavy atom. The number of nitro groups is 1. The molecule has 0 bridgehead atoms. The summed E-state index contributed by atoms with van der Waals surface area (Å²) >= 11 is 0. The average Bonchev–Trinajstić information content (AvgIpc) is 2.95. The van der Waals surface area contributed by atoms with Gasteiger partial charge in [0.25, 0.3) is 5.91 Å². The first-order valence-electron chi connectivity index (χ1n) is 11.4. The van der Waals surface area contributed by atoms with E-state index in [1.165, 1.54) is 0 Å². The Bertz CT molecular complexity index is 1350. The summed E-state index contributed by atoms with van der Waals surface area (Å²) in [5.41, 5.74) is 10.6. The molecule has 4 aromatic rings. The number of nitrogens with zero attached hydrogens (tertiary/aromatic N) is 3. The fourth-order valence-electron chi connectivity index (χ4n) is 3.54. The highest BCUT2D eigenvalue weighted by Gasteiger charge is 2.26. The third-order valence-electron chi connectivity index (χ3n) is 5.27. The Morgan fingerprint density at radius 1 is 0.789 bits per heavy atom. The summed E-state index contributed by atoms with van der Waals surface area (Å²) in [5.74, 6) is -1.84. The van der Waals surface area contributed by atoms with E-state index in [4.69, 9.17) is 4.74 Å². The number of rotatable bonds is 11. The van der Waals surface area contributed by atoms with Crippen LogP contribution in [0.2, 0.25) is 0 Å². The van der Waals surface area contributed by atoms with Crippen molar-refractivity contribution < 1.29 is 19.2 Å². The van der Waals surface area contributed by atoms with E-state index in [0.717, 1.165) is 17.5 Å². The molecule has 0 aliphatic rings. The van der Waals surface area contributed by atoms with Gasteiger partial charge >= 0.3 is 5.69 Å². The molecule has 1 heterocycles. The van der Waals surface area contributed by atoms with Crippen molar-refractivity contribution in [3.05, 3.63) is 119 Å². The first-order valence-corrected chi connectivity index (χ1v) is 11.4. The largest absolute Gasteiger partial charge is 0.484 e. The molecule has 1 aromatic heterocycles. The van der Waals surface area contributed by atoms with Crippen LogP contribution in [0.3, 0.4) is 0 Å². The van der Waals surface area contributed by atoms with Crippen LogP contribution in [0.4, 0.5) is 17.3 Å². The molecule has 0 aliphatic heterocycles.